The van der Waals surface area contributed by atoms with Gasteiger partial charge in [-0.15, -0.1) is 11.3 Å². The van der Waals surface area contributed by atoms with Crippen molar-refractivity contribution in [3.63, 3.8) is 0 Å². The molecule has 0 N–H and O–H groups in total. The Balaban J connectivity index is 1.92. The number of rotatable bonds is 4. The second-order valence-electron chi connectivity index (χ2n) is 3.02. The summed E-state index contributed by atoms with van der Waals surface area (Å²) < 4.78 is 37.6. The van der Waals surface area contributed by atoms with Crippen LogP contribution in [-0.4, -0.2) is 25.5 Å². The molecule has 0 saturated carbocycles. The first-order chi connectivity index (χ1) is 7.65. The molecule has 1 fully saturated rings. The lowest BCUT2D eigenvalue weighted by atomic mass is 10.3. The lowest BCUT2D eigenvalue weighted by Gasteiger charge is -2.25. The van der Waals surface area contributed by atoms with Crippen LogP contribution in [0.1, 0.15) is 16.1 Å². The molecule has 4 nitrogen and oxygen atoms in total. The van der Waals surface area contributed by atoms with E-state index in [0.717, 1.165) is 11.3 Å². The highest BCUT2D eigenvalue weighted by molar-refractivity contribution is 7.12. The van der Waals surface area contributed by atoms with Gasteiger partial charge in [0.2, 0.25) is 6.29 Å². The first kappa shape index (κ1) is 11.3. The minimum Gasteiger partial charge on any atom is -0.434 e. The van der Waals surface area contributed by atoms with Crippen molar-refractivity contribution in [3.05, 3.63) is 16.3 Å². The Bertz CT molecular complexity index is 375. The first-order valence-corrected chi connectivity index (χ1v) is 5.39. The molecular formula is C9H8F2O4S. The lowest BCUT2D eigenvalue weighted by molar-refractivity contribution is -0.184. The van der Waals surface area contributed by atoms with E-state index >= 15 is 0 Å². The summed E-state index contributed by atoms with van der Waals surface area (Å²) in [5, 5.41) is 1.32. The molecule has 1 aromatic rings. The van der Waals surface area contributed by atoms with Gasteiger partial charge in [0.25, 0.3) is 0 Å². The van der Waals surface area contributed by atoms with Gasteiger partial charge in [0.15, 0.2) is 0 Å². The van der Waals surface area contributed by atoms with E-state index in [1.165, 1.54) is 11.4 Å². The van der Waals surface area contributed by atoms with Crippen LogP contribution in [0.4, 0.5) is 8.78 Å². The Morgan fingerprint density at radius 1 is 1.62 bits per heavy atom. The molecule has 0 bridgehead atoms. The Labute approximate surface area is 93.7 Å². The fraction of sp³-hybridized carbons (Fsp3) is 0.444. The number of carbonyl (C=O) groups is 1. The van der Waals surface area contributed by atoms with Crippen molar-refractivity contribution in [2.24, 2.45) is 0 Å². The molecule has 88 valence electrons. The molecular weight excluding hydrogens is 242 g/mol. The number of hydrogen-bond donors (Lipinski definition) is 0. The first-order valence-electron chi connectivity index (χ1n) is 4.51. The maximum atomic E-state index is 11.9. The summed E-state index contributed by atoms with van der Waals surface area (Å²) in [4.78, 5) is 11.6. The van der Waals surface area contributed by atoms with E-state index in [4.69, 9.17) is 9.47 Å². The molecule has 1 aliphatic rings. The van der Waals surface area contributed by atoms with Crippen LogP contribution in [0, 0.1) is 0 Å². The summed E-state index contributed by atoms with van der Waals surface area (Å²) in [5.41, 5.74) is 0. The van der Waals surface area contributed by atoms with E-state index < -0.39 is 18.9 Å². The second-order valence-corrected chi connectivity index (χ2v) is 3.93. The molecule has 2 heterocycles. The molecule has 0 aliphatic carbocycles. The van der Waals surface area contributed by atoms with Crippen molar-refractivity contribution in [2.45, 2.75) is 19.3 Å². The van der Waals surface area contributed by atoms with Gasteiger partial charge in [-0.3, -0.25) is 0 Å². The van der Waals surface area contributed by atoms with Gasteiger partial charge in [-0.05, 0) is 0 Å². The maximum absolute atomic E-state index is 11.9. The average Bonchev–Trinajstić information content (AvgIpc) is 2.58. The van der Waals surface area contributed by atoms with Crippen LogP contribution in [-0.2, 0) is 9.47 Å². The summed E-state index contributed by atoms with van der Waals surface area (Å²) >= 11 is 0.988. The topological polar surface area (TPSA) is 44.8 Å². The molecule has 1 atom stereocenters. The predicted molar refractivity (Wildman–Crippen MR) is 50.7 cm³/mol. The summed E-state index contributed by atoms with van der Waals surface area (Å²) in [7, 11) is 0. The number of ether oxygens (including phenoxy) is 3. The third kappa shape index (κ3) is 2.67. The normalized spacial score (nSPS) is 19.3. The zero-order valence-electron chi connectivity index (χ0n) is 8.02. The molecule has 0 spiro atoms. The number of halogens is 2. The highest BCUT2D eigenvalue weighted by Gasteiger charge is 2.24. The van der Waals surface area contributed by atoms with Crippen LogP contribution in [0.15, 0.2) is 11.4 Å². The van der Waals surface area contributed by atoms with Crippen LogP contribution in [0.3, 0.4) is 0 Å². The molecule has 0 radical (unpaired) electrons. The number of hydrogen-bond acceptors (Lipinski definition) is 5. The number of carbonyl (C=O) groups excluding carboxylic acids is 1. The van der Waals surface area contributed by atoms with E-state index in [-0.39, 0.29) is 10.6 Å². The van der Waals surface area contributed by atoms with E-state index in [1.807, 2.05) is 0 Å². The largest absolute Gasteiger partial charge is 0.434 e. The van der Waals surface area contributed by atoms with Gasteiger partial charge < -0.3 is 14.2 Å². The molecule has 2 rings (SSSR count). The molecule has 7 heteroatoms. The van der Waals surface area contributed by atoms with Crippen molar-refractivity contribution in [1.82, 2.24) is 0 Å². The molecule has 1 aliphatic heterocycles. The Kier molecular flexibility index (Phi) is 3.35. The van der Waals surface area contributed by atoms with Gasteiger partial charge in [-0.25, -0.2) is 4.79 Å². The van der Waals surface area contributed by atoms with Gasteiger partial charge in [0, 0.05) is 17.9 Å². The summed E-state index contributed by atoms with van der Waals surface area (Å²) in [6.45, 7) is -2.32. The number of esters is 1. The zero-order valence-corrected chi connectivity index (χ0v) is 8.84. The highest BCUT2D eigenvalue weighted by Crippen LogP contribution is 2.25. The third-order valence-electron chi connectivity index (χ3n) is 1.90. The predicted octanol–water partition coefficient (Wildman–Crippen LogP) is 2.25. The SMILES string of the molecule is O=C(OC1CCO1)c1cc(OC(F)F)cs1. The lowest BCUT2D eigenvalue weighted by Crippen LogP contribution is -2.31. The minimum absolute atomic E-state index is 0.0403. The summed E-state index contributed by atoms with van der Waals surface area (Å²) in [6.07, 6.45) is 0.159. The van der Waals surface area contributed by atoms with Gasteiger partial charge >= 0.3 is 12.6 Å². The van der Waals surface area contributed by atoms with Crippen molar-refractivity contribution in [2.75, 3.05) is 6.61 Å². The third-order valence-corrected chi connectivity index (χ3v) is 2.79. The average molecular weight is 250 g/mol. The van der Waals surface area contributed by atoms with E-state index in [9.17, 15) is 13.6 Å². The number of alkyl halides is 2. The number of thiophene rings is 1. The van der Waals surface area contributed by atoms with E-state index in [0.29, 0.717) is 13.0 Å². The fourth-order valence-electron chi connectivity index (χ4n) is 1.07. The van der Waals surface area contributed by atoms with E-state index in [1.54, 1.807) is 0 Å². The van der Waals surface area contributed by atoms with Crippen LogP contribution >= 0.6 is 11.3 Å². The monoisotopic (exact) mass is 250 g/mol. The van der Waals surface area contributed by atoms with Crippen LogP contribution in [0.2, 0.25) is 0 Å². The van der Waals surface area contributed by atoms with Crippen LogP contribution in [0.5, 0.6) is 5.75 Å². The molecule has 16 heavy (non-hydrogen) atoms. The van der Waals surface area contributed by atoms with Gasteiger partial charge in [0.05, 0.1) is 6.61 Å². The highest BCUT2D eigenvalue weighted by atomic mass is 32.1. The van der Waals surface area contributed by atoms with Gasteiger partial charge in [-0.2, -0.15) is 8.78 Å². The van der Waals surface area contributed by atoms with Gasteiger partial charge in [0.1, 0.15) is 10.6 Å². The summed E-state index contributed by atoms with van der Waals surface area (Å²) in [5.74, 6) is -0.625. The van der Waals surface area contributed by atoms with Crippen LogP contribution < -0.4 is 4.74 Å². The zero-order chi connectivity index (χ0) is 11.5. The Morgan fingerprint density at radius 3 is 2.94 bits per heavy atom. The molecule has 0 amide bonds. The molecule has 0 aromatic carbocycles. The van der Waals surface area contributed by atoms with Crippen molar-refractivity contribution < 1.29 is 27.8 Å². The smallest absolute Gasteiger partial charge is 0.387 e. The Hall–Kier alpha value is -1.21. The quantitative estimate of drug-likeness (QED) is 0.769. The standard InChI is InChI=1S/C9H8F2O4S/c10-9(11)14-5-3-6(16-4-5)8(12)15-7-1-2-13-7/h3-4,7,9H,1-2H2. The fourth-order valence-corrected chi connectivity index (χ4v) is 1.77. The molecule has 1 saturated heterocycles. The minimum atomic E-state index is -2.89. The van der Waals surface area contributed by atoms with Crippen molar-refractivity contribution in [1.29, 1.82) is 0 Å². The van der Waals surface area contributed by atoms with Crippen LogP contribution in [0.25, 0.3) is 0 Å². The Morgan fingerprint density at radius 2 is 2.38 bits per heavy atom. The van der Waals surface area contributed by atoms with Crippen molar-refractivity contribution >= 4 is 17.3 Å². The van der Waals surface area contributed by atoms with Gasteiger partial charge in [-0.1, -0.05) is 0 Å². The second kappa shape index (κ2) is 4.75. The maximum Gasteiger partial charge on any atom is 0.387 e. The summed E-state index contributed by atoms with van der Waals surface area (Å²) in [6, 6.07) is 1.22. The molecule has 1 unspecified atom stereocenters. The molecule has 1 aromatic heterocycles. The van der Waals surface area contributed by atoms with E-state index in [2.05, 4.69) is 4.74 Å². The van der Waals surface area contributed by atoms with Crippen molar-refractivity contribution in [3.8, 4) is 5.75 Å².